The maximum atomic E-state index is 13.2. The first-order valence-electron chi connectivity index (χ1n) is 28.4. The summed E-state index contributed by atoms with van der Waals surface area (Å²) >= 11 is 0. The van der Waals surface area contributed by atoms with Crippen LogP contribution >= 0.6 is 0 Å². The minimum Gasteiger partial charge on any atom is -0.462 e. The molecule has 0 radical (unpaired) electrons. The zero-order chi connectivity index (χ0) is 45.9. The molecule has 374 valence electrons. The van der Waals surface area contributed by atoms with Gasteiger partial charge in [-0.2, -0.15) is 0 Å². The SMILES string of the molecule is CCCCCCCC/C=C/CCCCCCCC(CC(=O)NC(CO)C(O)CCCCCCCCCCCCC)OC(=O)CCCCCCCCCCCCCCCCCCCC. The number of hydrogen-bond acceptors (Lipinski definition) is 5. The predicted molar refractivity (Wildman–Crippen MR) is 273 cm³/mol. The maximum Gasteiger partial charge on any atom is 0.306 e. The number of aliphatic hydroxyl groups is 2. The second-order valence-corrected chi connectivity index (χ2v) is 19.7. The molecule has 63 heavy (non-hydrogen) atoms. The van der Waals surface area contributed by atoms with Crippen molar-refractivity contribution in [3.05, 3.63) is 12.2 Å². The number of allylic oxidation sites excluding steroid dienone is 2. The Morgan fingerprint density at radius 2 is 0.762 bits per heavy atom. The van der Waals surface area contributed by atoms with Gasteiger partial charge in [-0.05, 0) is 51.4 Å². The number of rotatable bonds is 52. The summed E-state index contributed by atoms with van der Waals surface area (Å²) in [4.78, 5) is 26.2. The minimum absolute atomic E-state index is 0.0793. The Morgan fingerprint density at radius 3 is 1.13 bits per heavy atom. The average Bonchev–Trinajstić information content (AvgIpc) is 3.28. The molecule has 0 fully saturated rings. The van der Waals surface area contributed by atoms with Crippen LogP contribution in [0.1, 0.15) is 316 Å². The molecule has 0 aliphatic rings. The fourth-order valence-electron chi connectivity index (χ4n) is 9.02. The van der Waals surface area contributed by atoms with Crippen LogP contribution in [0.2, 0.25) is 0 Å². The Kier molecular flexibility index (Phi) is 50.4. The summed E-state index contributed by atoms with van der Waals surface area (Å²) in [5.74, 6) is -0.460. The highest BCUT2D eigenvalue weighted by atomic mass is 16.5. The summed E-state index contributed by atoms with van der Waals surface area (Å²) in [5, 5.41) is 23.8. The van der Waals surface area contributed by atoms with Crippen LogP contribution in [-0.4, -0.2) is 46.9 Å². The van der Waals surface area contributed by atoms with Gasteiger partial charge in [0.2, 0.25) is 5.91 Å². The molecule has 0 saturated carbocycles. The number of nitrogens with one attached hydrogen (secondary N) is 1. The maximum absolute atomic E-state index is 13.2. The van der Waals surface area contributed by atoms with Crippen LogP contribution in [0.15, 0.2) is 12.2 Å². The number of esters is 1. The van der Waals surface area contributed by atoms with Gasteiger partial charge in [0.1, 0.15) is 6.10 Å². The number of carbonyl (C=O) groups is 2. The highest BCUT2D eigenvalue weighted by Crippen LogP contribution is 2.19. The van der Waals surface area contributed by atoms with Crippen LogP contribution in [-0.2, 0) is 14.3 Å². The monoisotopic (exact) mass is 890 g/mol. The number of ether oxygens (including phenoxy) is 1. The standard InChI is InChI=1S/C57H111NO5/c1-4-7-10-13-16-19-22-24-26-27-28-30-32-35-38-41-44-47-50-57(62)63-53(48-45-42-39-36-34-31-29-25-23-20-17-14-11-8-5-2)51-56(61)58-54(52-59)55(60)49-46-43-40-37-33-21-18-15-12-9-6-3/h25,29,53-55,59-60H,4-24,26-28,30-52H2,1-3H3,(H,58,61)/b29-25+. The third kappa shape index (κ3) is 46.9. The Hall–Kier alpha value is -1.40. The highest BCUT2D eigenvalue weighted by molar-refractivity contribution is 5.77. The van der Waals surface area contributed by atoms with E-state index in [-0.39, 0.29) is 24.9 Å². The van der Waals surface area contributed by atoms with Crippen LogP contribution in [0.4, 0.5) is 0 Å². The second-order valence-electron chi connectivity index (χ2n) is 19.7. The molecule has 3 N–H and O–H groups in total. The summed E-state index contributed by atoms with van der Waals surface area (Å²) in [6.07, 6.45) is 58.5. The molecule has 0 heterocycles. The molecule has 0 aromatic rings. The van der Waals surface area contributed by atoms with Gasteiger partial charge in [0.15, 0.2) is 0 Å². The lowest BCUT2D eigenvalue weighted by Crippen LogP contribution is -2.46. The highest BCUT2D eigenvalue weighted by Gasteiger charge is 2.24. The molecule has 0 saturated heterocycles. The van der Waals surface area contributed by atoms with E-state index in [0.717, 1.165) is 57.8 Å². The first-order valence-corrected chi connectivity index (χ1v) is 28.4. The molecule has 3 atom stereocenters. The third-order valence-corrected chi connectivity index (χ3v) is 13.3. The van der Waals surface area contributed by atoms with Crippen molar-refractivity contribution in [3.63, 3.8) is 0 Å². The fraction of sp³-hybridized carbons (Fsp3) is 0.930. The van der Waals surface area contributed by atoms with Crippen molar-refractivity contribution in [1.82, 2.24) is 5.32 Å². The molecule has 6 nitrogen and oxygen atoms in total. The summed E-state index contributed by atoms with van der Waals surface area (Å²) in [6, 6.07) is -0.698. The molecule has 0 aliphatic carbocycles. The zero-order valence-electron chi connectivity index (χ0n) is 42.7. The average molecular weight is 891 g/mol. The van der Waals surface area contributed by atoms with Crippen LogP contribution in [0.25, 0.3) is 0 Å². The van der Waals surface area contributed by atoms with E-state index in [9.17, 15) is 19.8 Å². The van der Waals surface area contributed by atoms with Crippen LogP contribution < -0.4 is 5.32 Å². The van der Waals surface area contributed by atoms with Crippen molar-refractivity contribution in [2.75, 3.05) is 6.61 Å². The van der Waals surface area contributed by atoms with Gasteiger partial charge in [-0.1, -0.05) is 264 Å². The van der Waals surface area contributed by atoms with E-state index in [2.05, 4.69) is 38.2 Å². The first kappa shape index (κ1) is 61.6. The molecular weight excluding hydrogens is 779 g/mol. The Morgan fingerprint density at radius 1 is 0.444 bits per heavy atom. The van der Waals surface area contributed by atoms with E-state index in [1.54, 1.807) is 0 Å². The van der Waals surface area contributed by atoms with E-state index >= 15 is 0 Å². The minimum atomic E-state index is -0.784. The van der Waals surface area contributed by atoms with Crippen molar-refractivity contribution < 1.29 is 24.5 Å². The molecule has 0 aromatic heterocycles. The molecular formula is C57H111NO5. The van der Waals surface area contributed by atoms with Crippen molar-refractivity contribution in [3.8, 4) is 0 Å². The molecule has 0 rings (SSSR count). The molecule has 0 bridgehead atoms. The summed E-state index contributed by atoms with van der Waals surface area (Å²) in [5.41, 5.74) is 0. The molecule has 0 aromatic carbocycles. The molecule has 0 aliphatic heterocycles. The van der Waals surface area contributed by atoms with Crippen LogP contribution in [0.3, 0.4) is 0 Å². The zero-order valence-corrected chi connectivity index (χ0v) is 42.7. The number of carbonyl (C=O) groups excluding carboxylic acids is 2. The number of unbranched alkanes of at least 4 members (excludes halogenated alkanes) is 38. The largest absolute Gasteiger partial charge is 0.462 e. The van der Waals surface area contributed by atoms with Crippen molar-refractivity contribution in [2.45, 2.75) is 334 Å². The number of amides is 1. The first-order chi connectivity index (χ1) is 31.0. The van der Waals surface area contributed by atoms with Crippen molar-refractivity contribution in [2.24, 2.45) is 0 Å². The van der Waals surface area contributed by atoms with Gasteiger partial charge in [-0.25, -0.2) is 0 Å². The Bertz CT molecular complexity index is 955. The van der Waals surface area contributed by atoms with Gasteiger partial charge in [-0.15, -0.1) is 0 Å². The van der Waals surface area contributed by atoms with Crippen LogP contribution in [0, 0.1) is 0 Å². The van der Waals surface area contributed by atoms with E-state index < -0.39 is 18.2 Å². The summed E-state index contributed by atoms with van der Waals surface area (Å²) in [7, 11) is 0. The third-order valence-electron chi connectivity index (χ3n) is 13.3. The van der Waals surface area contributed by atoms with Gasteiger partial charge in [0.25, 0.3) is 0 Å². The molecule has 0 spiro atoms. The van der Waals surface area contributed by atoms with Gasteiger partial charge in [0.05, 0.1) is 25.2 Å². The van der Waals surface area contributed by atoms with E-state index in [4.69, 9.17) is 4.74 Å². The van der Waals surface area contributed by atoms with Crippen molar-refractivity contribution >= 4 is 11.9 Å². The Labute approximate surface area is 393 Å². The van der Waals surface area contributed by atoms with Crippen molar-refractivity contribution in [1.29, 1.82) is 0 Å². The van der Waals surface area contributed by atoms with Gasteiger partial charge in [0, 0.05) is 6.42 Å². The van der Waals surface area contributed by atoms with Gasteiger partial charge in [-0.3, -0.25) is 9.59 Å². The Balaban J connectivity index is 4.50. The van der Waals surface area contributed by atoms with E-state index in [0.29, 0.717) is 19.3 Å². The topological polar surface area (TPSA) is 95.9 Å². The molecule has 3 unspecified atom stereocenters. The lowest BCUT2D eigenvalue weighted by atomic mass is 10.0. The normalized spacial score (nSPS) is 13.2. The second kappa shape index (κ2) is 51.6. The van der Waals surface area contributed by atoms with Gasteiger partial charge >= 0.3 is 5.97 Å². The lowest BCUT2D eigenvalue weighted by Gasteiger charge is -2.24. The predicted octanol–water partition coefficient (Wildman–Crippen LogP) is 17.3. The summed E-state index contributed by atoms with van der Waals surface area (Å²) < 4.78 is 5.96. The van der Waals surface area contributed by atoms with E-state index in [1.165, 1.54) is 212 Å². The van der Waals surface area contributed by atoms with Crippen LogP contribution in [0.5, 0.6) is 0 Å². The fourth-order valence-corrected chi connectivity index (χ4v) is 9.02. The smallest absolute Gasteiger partial charge is 0.306 e. The molecule has 6 heteroatoms. The summed E-state index contributed by atoms with van der Waals surface area (Å²) in [6.45, 7) is 6.51. The molecule has 1 amide bonds. The van der Waals surface area contributed by atoms with E-state index in [1.807, 2.05) is 0 Å². The number of aliphatic hydroxyl groups excluding tert-OH is 2. The lowest BCUT2D eigenvalue weighted by molar-refractivity contribution is -0.151. The quantitative estimate of drug-likeness (QED) is 0.0321. The van der Waals surface area contributed by atoms with Gasteiger partial charge < -0.3 is 20.3 Å². The number of hydrogen-bond donors (Lipinski definition) is 3.